The van der Waals surface area contributed by atoms with E-state index in [1.54, 1.807) is 12.1 Å². The van der Waals surface area contributed by atoms with Crippen LogP contribution in [0.2, 0.25) is 0 Å². The van der Waals surface area contributed by atoms with E-state index in [0.29, 0.717) is 13.1 Å². The maximum atomic E-state index is 12.6. The lowest BCUT2D eigenvalue weighted by atomic mass is 9.91. The molecule has 0 spiro atoms. The van der Waals surface area contributed by atoms with Crippen molar-refractivity contribution in [2.24, 2.45) is 0 Å². The third kappa shape index (κ3) is 3.13. The molecule has 2 N–H and O–H groups in total. The van der Waals surface area contributed by atoms with Crippen molar-refractivity contribution in [1.29, 1.82) is 0 Å². The fourth-order valence-corrected chi connectivity index (χ4v) is 4.32. The van der Waals surface area contributed by atoms with Gasteiger partial charge in [0.05, 0.1) is 11.8 Å². The lowest BCUT2D eigenvalue weighted by molar-refractivity contribution is 0.0696. The van der Waals surface area contributed by atoms with Crippen LogP contribution >= 0.6 is 0 Å². The average Bonchev–Trinajstić information content (AvgIpc) is 3.10. The summed E-state index contributed by atoms with van der Waals surface area (Å²) >= 11 is 0. The van der Waals surface area contributed by atoms with Crippen molar-refractivity contribution in [2.45, 2.75) is 23.7 Å². The van der Waals surface area contributed by atoms with Gasteiger partial charge < -0.3 is 5.11 Å². The van der Waals surface area contributed by atoms with Crippen molar-refractivity contribution in [1.82, 2.24) is 14.5 Å². The van der Waals surface area contributed by atoms with Crippen molar-refractivity contribution in [3.8, 4) is 0 Å². The Kier molecular flexibility index (Phi) is 4.18. The minimum atomic E-state index is -3.56. The summed E-state index contributed by atoms with van der Waals surface area (Å²) in [5.41, 5.74) is 1.08. The molecule has 1 aromatic carbocycles. The molecule has 0 unspecified atom stereocenters. The van der Waals surface area contributed by atoms with Crippen LogP contribution in [-0.2, 0) is 10.0 Å². The zero-order valence-corrected chi connectivity index (χ0v) is 13.2. The molecule has 0 bridgehead atoms. The maximum absolute atomic E-state index is 12.6. The molecule has 1 aliphatic rings. The maximum Gasteiger partial charge on any atom is 0.335 e. The highest BCUT2D eigenvalue weighted by Crippen LogP contribution is 2.30. The van der Waals surface area contributed by atoms with E-state index in [-0.39, 0.29) is 16.4 Å². The van der Waals surface area contributed by atoms with Gasteiger partial charge in [0.15, 0.2) is 0 Å². The number of rotatable bonds is 4. The first-order chi connectivity index (χ1) is 11.0. The highest BCUT2D eigenvalue weighted by molar-refractivity contribution is 7.89. The van der Waals surface area contributed by atoms with Gasteiger partial charge in [-0.1, -0.05) is 12.1 Å². The van der Waals surface area contributed by atoms with Gasteiger partial charge in [-0.15, -0.1) is 0 Å². The third-order valence-corrected chi connectivity index (χ3v) is 5.93. The Morgan fingerprint density at radius 3 is 2.91 bits per heavy atom. The lowest BCUT2D eigenvalue weighted by Gasteiger charge is -2.32. The second-order valence-corrected chi connectivity index (χ2v) is 7.50. The van der Waals surface area contributed by atoms with Gasteiger partial charge in [0.1, 0.15) is 4.90 Å². The van der Waals surface area contributed by atoms with Gasteiger partial charge in [0.25, 0.3) is 0 Å². The molecule has 2 heterocycles. The van der Waals surface area contributed by atoms with E-state index in [9.17, 15) is 13.2 Å². The largest absolute Gasteiger partial charge is 0.478 e. The number of carboxylic acid groups (broad SMARTS) is 1. The predicted octanol–water partition coefficient (Wildman–Crippen LogP) is 1.68. The highest BCUT2D eigenvalue weighted by atomic mass is 32.2. The van der Waals surface area contributed by atoms with Gasteiger partial charge in [-0.3, -0.25) is 5.10 Å². The summed E-state index contributed by atoms with van der Waals surface area (Å²) in [4.78, 5) is 11.2. The van der Waals surface area contributed by atoms with Crippen molar-refractivity contribution in [3.05, 3.63) is 47.8 Å². The molecule has 2 aromatic rings. The van der Waals surface area contributed by atoms with Gasteiger partial charge in [0.2, 0.25) is 10.0 Å². The van der Waals surface area contributed by atoms with Crippen LogP contribution < -0.4 is 0 Å². The zero-order valence-electron chi connectivity index (χ0n) is 12.3. The average molecular weight is 335 g/mol. The van der Waals surface area contributed by atoms with Gasteiger partial charge in [-0.25, -0.2) is 13.2 Å². The summed E-state index contributed by atoms with van der Waals surface area (Å²) in [6, 6.07) is 6.71. The minimum Gasteiger partial charge on any atom is -0.478 e. The number of nitrogens with zero attached hydrogens (tertiary/aromatic N) is 2. The first-order valence-corrected chi connectivity index (χ1v) is 8.74. The van der Waals surface area contributed by atoms with E-state index < -0.39 is 16.0 Å². The van der Waals surface area contributed by atoms with Gasteiger partial charge in [-0.2, -0.15) is 9.40 Å². The smallest absolute Gasteiger partial charge is 0.335 e. The van der Waals surface area contributed by atoms with Crippen LogP contribution in [0.5, 0.6) is 0 Å². The zero-order chi connectivity index (χ0) is 16.4. The Balaban J connectivity index is 1.84. The number of aromatic carboxylic acids is 1. The number of aromatic amines is 1. The summed E-state index contributed by atoms with van der Waals surface area (Å²) < 4.78 is 26.6. The van der Waals surface area contributed by atoms with Crippen LogP contribution in [0, 0.1) is 0 Å². The molecule has 7 nitrogen and oxygen atoms in total. The molecule has 0 saturated carbocycles. The molecule has 23 heavy (non-hydrogen) atoms. The number of piperidine rings is 1. The molecule has 1 aromatic heterocycles. The summed E-state index contributed by atoms with van der Waals surface area (Å²) in [6.45, 7) is 0.805. The molecule has 1 aliphatic heterocycles. The molecule has 1 fully saturated rings. The van der Waals surface area contributed by atoms with Crippen molar-refractivity contribution >= 4 is 16.0 Å². The van der Waals surface area contributed by atoms with E-state index in [2.05, 4.69) is 10.2 Å². The normalized spacial score (nSPS) is 19.6. The standard InChI is InChI=1S/C15H17N3O4S/c19-15(20)12-4-1-3-11(7-12)13-5-2-6-18(10-13)23(21,22)14-8-16-17-9-14/h1,3-4,7-9,13H,2,5-6,10H2,(H,16,17)(H,19,20)/t13-/m0/s1. The summed E-state index contributed by atoms with van der Waals surface area (Å²) in [7, 11) is -3.56. The molecule has 122 valence electrons. The molecule has 0 radical (unpaired) electrons. The van der Waals surface area contributed by atoms with E-state index >= 15 is 0 Å². The minimum absolute atomic E-state index is 0.00951. The number of benzene rings is 1. The Morgan fingerprint density at radius 1 is 1.39 bits per heavy atom. The van der Waals surface area contributed by atoms with E-state index in [1.807, 2.05) is 6.07 Å². The van der Waals surface area contributed by atoms with Gasteiger partial charge in [0, 0.05) is 19.3 Å². The SMILES string of the molecule is O=C(O)c1cccc([C@H]2CCCN(S(=O)(=O)c3cn[nH]c3)C2)c1. The number of aromatic nitrogens is 2. The fraction of sp³-hybridized carbons (Fsp3) is 0.333. The van der Waals surface area contributed by atoms with E-state index in [1.165, 1.54) is 22.8 Å². The number of carbonyl (C=O) groups is 1. The number of hydrogen-bond donors (Lipinski definition) is 2. The monoisotopic (exact) mass is 335 g/mol. The summed E-state index contributed by atoms with van der Waals surface area (Å²) in [5, 5.41) is 15.3. The third-order valence-electron chi connectivity index (χ3n) is 4.10. The van der Waals surface area contributed by atoms with Gasteiger partial charge in [-0.05, 0) is 36.5 Å². The fourth-order valence-electron chi connectivity index (χ4n) is 2.89. The Morgan fingerprint density at radius 2 is 2.22 bits per heavy atom. The second kappa shape index (κ2) is 6.13. The summed E-state index contributed by atoms with van der Waals surface area (Å²) in [6.07, 6.45) is 4.23. The Hall–Kier alpha value is -2.19. The van der Waals surface area contributed by atoms with Crippen LogP contribution in [-0.4, -0.2) is 47.1 Å². The topological polar surface area (TPSA) is 103 Å². The molecule has 8 heteroatoms. The van der Waals surface area contributed by atoms with E-state index in [4.69, 9.17) is 5.11 Å². The Labute approximate surface area is 134 Å². The number of hydrogen-bond acceptors (Lipinski definition) is 4. The van der Waals surface area contributed by atoms with Crippen LogP contribution in [0.25, 0.3) is 0 Å². The predicted molar refractivity (Wildman–Crippen MR) is 82.7 cm³/mol. The first kappa shape index (κ1) is 15.7. The van der Waals surface area contributed by atoms with Gasteiger partial charge >= 0.3 is 5.97 Å². The number of nitrogens with one attached hydrogen (secondary N) is 1. The van der Waals surface area contributed by atoms with E-state index in [0.717, 1.165) is 18.4 Å². The molecule has 1 atom stereocenters. The van der Waals surface area contributed by atoms with Crippen LogP contribution in [0.3, 0.4) is 0 Å². The lowest BCUT2D eigenvalue weighted by Crippen LogP contribution is -2.39. The number of sulfonamides is 1. The van der Waals surface area contributed by atoms with Crippen LogP contribution in [0.1, 0.15) is 34.7 Å². The quantitative estimate of drug-likeness (QED) is 0.885. The summed E-state index contributed by atoms with van der Waals surface area (Å²) in [5.74, 6) is -0.990. The molecular weight excluding hydrogens is 318 g/mol. The van der Waals surface area contributed by atoms with Crippen molar-refractivity contribution in [2.75, 3.05) is 13.1 Å². The molecule has 1 saturated heterocycles. The van der Waals surface area contributed by atoms with Crippen LogP contribution in [0.15, 0.2) is 41.6 Å². The number of H-pyrrole nitrogens is 1. The number of carboxylic acids is 1. The second-order valence-electron chi connectivity index (χ2n) is 5.57. The van der Waals surface area contributed by atoms with Crippen molar-refractivity contribution in [3.63, 3.8) is 0 Å². The molecular formula is C15H17N3O4S. The van der Waals surface area contributed by atoms with Crippen molar-refractivity contribution < 1.29 is 18.3 Å². The van der Waals surface area contributed by atoms with Crippen LogP contribution in [0.4, 0.5) is 0 Å². The molecule has 0 aliphatic carbocycles. The highest BCUT2D eigenvalue weighted by Gasteiger charge is 2.31. The molecule has 3 rings (SSSR count). The first-order valence-electron chi connectivity index (χ1n) is 7.30. The molecule has 0 amide bonds. The Bertz CT molecular complexity index is 802.